The van der Waals surface area contributed by atoms with E-state index in [9.17, 15) is 9.90 Å². The van der Waals surface area contributed by atoms with Gasteiger partial charge in [0.2, 0.25) is 0 Å². The number of ether oxygens (including phenoxy) is 1. The van der Waals surface area contributed by atoms with E-state index in [1.165, 1.54) is 4.90 Å². The highest BCUT2D eigenvalue weighted by Crippen LogP contribution is 2.38. The molecule has 1 aliphatic heterocycles. The van der Waals surface area contributed by atoms with Crippen LogP contribution in [-0.4, -0.2) is 39.0 Å². The van der Waals surface area contributed by atoms with E-state index in [0.29, 0.717) is 23.0 Å². The molecule has 2 aromatic rings. The van der Waals surface area contributed by atoms with Crippen LogP contribution in [0.4, 0.5) is 4.79 Å². The van der Waals surface area contributed by atoms with E-state index >= 15 is 0 Å². The van der Waals surface area contributed by atoms with Crippen LogP contribution in [0.3, 0.4) is 0 Å². The third-order valence-corrected chi connectivity index (χ3v) is 5.48. The van der Waals surface area contributed by atoms with Crippen molar-refractivity contribution in [2.24, 2.45) is 0 Å². The van der Waals surface area contributed by atoms with Crippen LogP contribution in [0, 0.1) is 6.92 Å². The molecule has 0 bridgehead atoms. The Hall–Kier alpha value is -1.43. The minimum Gasteiger partial charge on any atom is -0.438 e. The summed E-state index contributed by atoms with van der Waals surface area (Å²) in [6, 6.07) is 3.54. The Kier molecular flexibility index (Phi) is 4.02. The van der Waals surface area contributed by atoms with E-state index < -0.39 is 17.4 Å². The zero-order valence-corrected chi connectivity index (χ0v) is 15.5. The van der Waals surface area contributed by atoms with Gasteiger partial charge in [0.15, 0.2) is 11.3 Å². The highest BCUT2D eigenvalue weighted by molar-refractivity contribution is 6.38. The minimum absolute atomic E-state index is 0.327. The van der Waals surface area contributed by atoms with Gasteiger partial charge in [0.05, 0.1) is 10.5 Å². The number of H-pyrrole nitrogens is 1. The molecule has 5 nitrogen and oxygen atoms in total. The Morgan fingerprint density at radius 2 is 1.96 bits per heavy atom. The molecule has 0 unspecified atom stereocenters. The van der Waals surface area contributed by atoms with Crippen LogP contribution >= 0.6 is 23.2 Å². The Bertz CT molecular complexity index is 827. The van der Waals surface area contributed by atoms with E-state index in [-0.39, 0.29) is 0 Å². The summed E-state index contributed by atoms with van der Waals surface area (Å²) in [5, 5.41) is 12.7. The van der Waals surface area contributed by atoms with Crippen molar-refractivity contribution < 1.29 is 14.6 Å². The summed E-state index contributed by atoms with van der Waals surface area (Å²) in [6.07, 6.45) is 0.0302. The molecule has 1 aliphatic rings. The largest absolute Gasteiger partial charge is 0.438 e. The summed E-state index contributed by atoms with van der Waals surface area (Å²) < 4.78 is 5.29. The van der Waals surface area contributed by atoms with Crippen LogP contribution in [0.15, 0.2) is 12.1 Å². The molecule has 1 aromatic heterocycles. The number of nitrogens with zero attached hydrogens (tertiary/aromatic N) is 1. The van der Waals surface area contributed by atoms with Gasteiger partial charge in [-0.2, -0.15) is 0 Å². The average Bonchev–Trinajstić information content (AvgIpc) is 2.82. The lowest BCUT2D eigenvalue weighted by Gasteiger charge is -2.34. The molecule has 1 aromatic carbocycles. The van der Waals surface area contributed by atoms with Crippen LogP contribution in [0.2, 0.25) is 10.0 Å². The van der Waals surface area contributed by atoms with Crippen molar-refractivity contribution >= 4 is 40.2 Å². The average molecular weight is 371 g/mol. The Morgan fingerprint density at radius 3 is 2.54 bits per heavy atom. The quantitative estimate of drug-likeness (QED) is 0.847. The number of rotatable bonds is 3. The first-order valence-electron chi connectivity index (χ1n) is 7.74. The van der Waals surface area contributed by atoms with Crippen LogP contribution in [-0.2, 0) is 11.2 Å². The lowest BCUT2D eigenvalue weighted by molar-refractivity contribution is -0.126. The number of aliphatic hydroxyl groups is 1. The second-order valence-electron chi connectivity index (χ2n) is 6.84. The molecular formula is C17H20Cl2N2O3. The van der Waals surface area contributed by atoms with Crippen molar-refractivity contribution in [2.75, 3.05) is 6.54 Å². The third-order valence-electron chi connectivity index (χ3n) is 4.96. The molecule has 1 fully saturated rings. The predicted molar refractivity (Wildman–Crippen MR) is 94.6 cm³/mol. The molecule has 2 heterocycles. The van der Waals surface area contributed by atoms with E-state index in [1.807, 2.05) is 13.0 Å². The number of amides is 1. The van der Waals surface area contributed by atoms with Crippen molar-refractivity contribution in [3.05, 3.63) is 33.4 Å². The van der Waals surface area contributed by atoms with Crippen LogP contribution < -0.4 is 0 Å². The van der Waals surface area contributed by atoms with Gasteiger partial charge >= 0.3 is 6.09 Å². The number of cyclic esters (lactones) is 1. The molecule has 1 atom stereocenters. The first kappa shape index (κ1) is 17.4. The molecule has 24 heavy (non-hydrogen) atoms. The summed E-state index contributed by atoms with van der Waals surface area (Å²) in [5.41, 5.74) is 0.457. The number of nitrogens with one attached hydrogen (secondary N) is 1. The predicted octanol–water partition coefficient (Wildman–Crippen LogP) is 4.26. The zero-order chi connectivity index (χ0) is 17.9. The zero-order valence-electron chi connectivity index (χ0n) is 14.0. The van der Waals surface area contributed by atoms with E-state index in [4.69, 9.17) is 27.9 Å². The van der Waals surface area contributed by atoms with Gasteiger partial charge in [-0.1, -0.05) is 23.2 Å². The van der Waals surface area contributed by atoms with Gasteiger partial charge in [0.1, 0.15) is 0 Å². The van der Waals surface area contributed by atoms with Crippen molar-refractivity contribution in [2.45, 2.75) is 45.4 Å². The lowest BCUT2D eigenvalue weighted by Crippen LogP contribution is -2.54. The molecule has 0 saturated carbocycles. The van der Waals surface area contributed by atoms with Gasteiger partial charge in [-0.15, -0.1) is 0 Å². The molecule has 0 radical (unpaired) electrons. The fraction of sp³-hybridized carbons (Fsp3) is 0.471. The fourth-order valence-corrected chi connectivity index (χ4v) is 3.67. The van der Waals surface area contributed by atoms with Crippen molar-refractivity contribution in [3.8, 4) is 0 Å². The lowest BCUT2D eigenvalue weighted by atomic mass is 9.95. The Morgan fingerprint density at radius 1 is 1.29 bits per heavy atom. The Labute approximate surface area is 150 Å². The number of carbonyl (C=O) groups is 1. The molecule has 0 spiro atoms. The molecular weight excluding hydrogens is 351 g/mol. The maximum absolute atomic E-state index is 12.1. The molecule has 7 heteroatoms. The molecule has 2 N–H and O–H groups in total. The Balaban J connectivity index is 1.92. The van der Waals surface area contributed by atoms with Gasteiger partial charge in [-0.25, -0.2) is 4.79 Å². The van der Waals surface area contributed by atoms with Crippen molar-refractivity contribution in [1.82, 2.24) is 9.88 Å². The molecule has 1 amide bonds. The van der Waals surface area contributed by atoms with Crippen LogP contribution in [0.5, 0.6) is 0 Å². The van der Waals surface area contributed by atoms with Gasteiger partial charge in [0.25, 0.3) is 0 Å². The first-order chi connectivity index (χ1) is 11.0. The standard InChI is InChI=1S/C17H20Cl2N2O3/c1-9-11(12-7-10(18)8-13(19)14(12)20-9)5-6-21-15(22)24-16(2,3)17(21,4)23/h7-8,20,23H,5-6H2,1-4H3/t17-/m1/s1. The number of carbonyl (C=O) groups excluding carboxylic acids is 1. The number of fused-ring (bicyclic) bond motifs is 1. The fourth-order valence-electron chi connectivity index (χ4n) is 3.13. The maximum Gasteiger partial charge on any atom is 0.412 e. The van der Waals surface area contributed by atoms with Crippen molar-refractivity contribution in [1.29, 1.82) is 0 Å². The second-order valence-corrected chi connectivity index (χ2v) is 7.68. The highest BCUT2D eigenvalue weighted by Gasteiger charge is 2.56. The van der Waals surface area contributed by atoms with Gasteiger partial charge in [-0.3, -0.25) is 4.90 Å². The highest BCUT2D eigenvalue weighted by atomic mass is 35.5. The van der Waals surface area contributed by atoms with Crippen LogP contribution in [0.25, 0.3) is 10.9 Å². The van der Waals surface area contributed by atoms with E-state index in [0.717, 1.165) is 22.2 Å². The first-order valence-corrected chi connectivity index (χ1v) is 8.49. The van der Waals surface area contributed by atoms with Gasteiger partial charge in [0, 0.05) is 22.6 Å². The summed E-state index contributed by atoms with van der Waals surface area (Å²) >= 11 is 12.4. The third kappa shape index (κ3) is 2.55. The topological polar surface area (TPSA) is 65.6 Å². The summed E-state index contributed by atoms with van der Waals surface area (Å²) in [5.74, 6) is 0. The minimum atomic E-state index is -1.38. The summed E-state index contributed by atoms with van der Waals surface area (Å²) in [7, 11) is 0. The molecule has 3 rings (SSSR count). The number of aryl methyl sites for hydroxylation is 1. The van der Waals surface area contributed by atoms with E-state index in [2.05, 4.69) is 4.98 Å². The molecule has 0 aliphatic carbocycles. The second kappa shape index (κ2) is 5.55. The number of aromatic nitrogens is 1. The number of hydrogen-bond acceptors (Lipinski definition) is 3. The smallest absolute Gasteiger partial charge is 0.412 e. The van der Waals surface area contributed by atoms with Crippen molar-refractivity contribution in [3.63, 3.8) is 0 Å². The molecule has 130 valence electrons. The number of hydrogen-bond donors (Lipinski definition) is 2. The van der Waals surface area contributed by atoms with Gasteiger partial charge < -0.3 is 14.8 Å². The summed E-state index contributed by atoms with van der Waals surface area (Å²) in [6.45, 7) is 7.26. The maximum atomic E-state index is 12.1. The summed E-state index contributed by atoms with van der Waals surface area (Å²) in [4.78, 5) is 16.7. The number of halogens is 2. The number of aromatic amines is 1. The van der Waals surface area contributed by atoms with Gasteiger partial charge in [-0.05, 0) is 51.8 Å². The SMILES string of the molecule is Cc1[nH]c2c(Cl)cc(Cl)cc2c1CCN1C(=O)OC(C)(C)[C@@]1(C)O. The monoisotopic (exact) mass is 370 g/mol. The normalized spacial score (nSPS) is 23.1. The van der Waals surface area contributed by atoms with E-state index in [1.54, 1.807) is 26.8 Å². The number of benzene rings is 1. The molecule has 1 saturated heterocycles. The van der Waals surface area contributed by atoms with Crippen LogP contribution in [0.1, 0.15) is 32.0 Å².